The van der Waals surface area contributed by atoms with Crippen molar-refractivity contribution in [2.45, 2.75) is 0 Å². The number of anilines is 1. The third-order valence-electron chi connectivity index (χ3n) is 4.49. The molecule has 0 spiro atoms. The van der Waals surface area contributed by atoms with Crippen LogP contribution in [-0.2, 0) is 0 Å². The Morgan fingerprint density at radius 2 is 1.74 bits per heavy atom. The van der Waals surface area contributed by atoms with Gasteiger partial charge in [-0.2, -0.15) is 4.98 Å². The molecule has 0 radical (unpaired) electrons. The number of aromatic nitrogens is 3. The van der Waals surface area contributed by atoms with Gasteiger partial charge in [0.25, 0.3) is 11.6 Å². The van der Waals surface area contributed by atoms with Crippen LogP contribution in [0.5, 0.6) is 11.6 Å². The minimum atomic E-state index is -0.760. The van der Waals surface area contributed by atoms with Crippen LogP contribution in [0.2, 0.25) is 0 Å². The van der Waals surface area contributed by atoms with E-state index >= 15 is 0 Å². The van der Waals surface area contributed by atoms with Gasteiger partial charge in [0.1, 0.15) is 11.8 Å². The van der Waals surface area contributed by atoms with Gasteiger partial charge in [-0.25, -0.2) is 4.98 Å². The predicted molar refractivity (Wildman–Crippen MR) is 122 cm³/mol. The van der Waals surface area contributed by atoms with Crippen LogP contribution in [0.3, 0.4) is 0 Å². The van der Waals surface area contributed by atoms with E-state index in [9.17, 15) is 25.0 Å². The lowest BCUT2D eigenvalue weighted by molar-refractivity contribution is -0.385. The topological polar surface area (TPSA) is 175 Å². The van der Waals surface area contributed by atoms with E-state index in [2.05, 4.69) is 41.7 Å². The zero-order valence-corrected chi connectivity index (χ0v) is 18.4. The lowest BCUT2D eigenvalue weighted by Gasteiger charge is -2.11. The van der Waals surface area contributed by atoms with Crippen molar-refractivity contribution in [2.24, 2.45) is 0 Å². The largest absolute Gasteiger partial charge is 0.431 e. The molecule has 2 aromatic carbocycles. The number of rotatable bonds is 7. The molecule has 4 aromatic rings. The highest BCUT2D eigenvalue weighted by Gasteiger charge is 2.26. The Labute approximate surface area is 198 Å². The number of carbonyl (C=O) groups is 1. The molecule has 1 amide bonds. The van der Waals surface area contributed by atoms with Crippen molar-refractivity contribution in [3.05, 3.63) is 91.3 Å². The maximum atomic E-state index is 12.3. The van der Waals surface area contributed by atoms with Gasteiger partial charge < -0.3 is 4.74 Å². The van der Waals surface area contributed by atoms with Crippen LogP contribution in [0.15, 0.2) is 65.5 Å². The molecule has 4 rings (SSSR count). The van der Waals surface area contributed by atoms with E-state index in [0.717, 1.165) is 28.3 Å². The number of ether oxygens (including phenoxy) is 1. The fourth-order valence-corrected chi connectivity index (χ4v) is 3.37. The summed E-state index contributed by atoms with van der Waals surface area (Å²) < 4.78 is 6.47. The summed E-state index contributed by atoms with van der Waals surface area (Å²) in [5.41, 5.74) is 4.35. The van der Waals surface area contributed by atoms with Gasteiger partial charge in [0.2, 0.25) is 5.82 Å². The molecule has 2 aromatic heterocycles. The number of pyridine rings is 1. The smallest absolute Gasteiger partial charge is 0.374 e. The molecule has 0 saturated carbocycles. The molecule has 0 unspecified atom stereocenters. The molecule has 0 bridgehead atoms. The van der Waals surface area contributed by atoms with Crippen molar-refractivity contribution in [1.29, 1.82) is 0 Å². The molecule has 0 fully saturated rings. The SMILES string of the molecule is O=C(NNc1ncnc(Oc2ccc(Br)c3cccnc23)c1[N+](=O)[O-])c1ccc([N+](=O)[O-])cc1. The molecule has 0 aliphatic carbocycles. The standard InChI is InChI=1S/C20H12BrN7O6/c21-14-7-8-15(16-13(14)2-1-9-22-16)34-20-17(28(32)33)18(23-10-24-20)25-26-19(29)11-3-5-12(6-4-11)27(30)31/h1-10H,(H,26,29)(H,23,24,25). The monoisotopic (exact) mass is 525 g/mol. The first-order chi connectivity index (χ1) is 16.3. The lowest BCUT2D eigenvalue weighted by Crippen LogP contribution is -2.30. The van der Waals surface area contributed by atoms with E-state index in [0.29, 0.717) is 5.52 Å². The predicted octanol–water partition coefficient (Wildman–Crippen LogP) is 4.15. The maximum Gasteiger partial charge on any atom is 0.374 e. The van der Waals surface area contributed by atoms with Crippen LogP contribution in [0.4, 0.5) is 17.2 Å². The van der Waals surface area contributed by atoms with Crippen molar-refractivity contribution in [3.63, 3.8) is 0 Å². The Kier molecular flexibility index (Phi) is 6.22. The number of halogens is 1. The van der Waals surface area contributed by atoms with Crippen LogP contribution >= 0.6 is 15.9 Å². The zero-order valence-electron chi connectivity index (χ0n) is 16.8. The van der Waals surface area contributed by atoms with Gasteiger partial charge >= 0.3 is 11.6 Å². The Bertz CT molecular complexity index is 1430. The first-order valence-corrected chi connectivity index (χ1v) is 10.2. The van der Waals surface area contributed by atoms with E-state index in [4.69, 9.17) is 4.74 Å². The second-order valence-electron chi connectivity index (χ2n) is 6.56. The highest BCUT2D eigenvalue weighted by Crippen LogP contribution is 2.37. The number of hydrazine groups is 1. The number of carbonyl (C=O) groups excluding carboxylic acids is 1. The van der Waals surface area contributed by atoms with Crippen molar-refractivity contribution < 1.29 is 19.4 Å². The van der Waals surface area contributed by atoms with Crippen LogP contribution in [0.1, 0.15) is 10.4 Å². The second kappa shape index (κ2) is 9.41. The molecule has 170 valence electrons. The second-order valence-corrected chi connectivity index (χ2v) is 7.42. The van der Waals surface area contributed by atoms with E-state index in [-0.39, 0.29) is 28.7 Å². The summed E-state index contributed by atoms with van der Waals surface area (Å²) in [6, 6.07) is 11.6. The summed E-state index contributed by atoms with van der Waals surface area (Å²) in [7, 11) is 0. The Morgan fingerprint density at radius 1 is 0.971 bits per heavy atom. The summed E-state index contributed by atoms with van der Waals surface area (Å²) in [6.07, 6.45) is 2.58. The van der Waals surface area contributed by atoms with E-state index < -0.39 is 21.4 Å². The van der Waals surface area contributed by atoms with Crippen LogP contribution in [-0.4, -0.2) is 30.7 Å². The number of non-ortho nitro benzene ring substituents is 1. The summed E-state index contributed by atoms with van der Waals surface area (Å²) in [4.78, 5) is 45.4. The van der Waals surface area contributed by atoms with Crippen LogP contribution < -0.4 is 15.6 Å². The highest BCUT2D eigenvalue weighted by atomic mass is 79.9. The number of nitro groups is 2. The molecule has 0 aliphatic rings. The summed E-state index contributed by atoms with van der Waals surface area (Å²) >= 11 is 3.42. The third kappa shape index (κ3) is 4.56. The molecule has 0 saturated heterocycles. The van der Waals surface area contributed by atoms with E-state index in [1.165, 1.54) is 12.1 Å². The van der Waals surface area contributed by atoms with Crippen molar-refractivity contribution in [1.82, 2.24) is 20.4 Å². The van der Waals surface area contributed by atoms with E-state index in [1.807, 2.05) is 0 Å². The van der Waals surface area contributed by atoms with Gasteiger partial charge in [0.05, 0.1) is 9.85 Å². The third-order valence-corrected chi connectivity index (χ3v) is 5.18. The fraction of sp³-hybridized carbons (Fsp3) is 0. The molecular weight excluding hydrogens is 514 g/mol. The normalized spacial score (nSPS) is 10.5. The number of hydrogen-bond donors (Lipinski definition) is 2. The van der Waals surface area contributed by atoms with Gasteiger partial charge in [-0.1, -0.05) is 22.0 Å². The molecule has 0 aliphatic heterocycles. The molecular formula is C20H12BrN7O6. The van der Waals surface area contributed by atoms with Crippen LogP contribution in [0.25, 0.3) is 10.9 Å². The minimum Gasteiger partial charge on any atom is -0.431 e. The molecule has 13 nitrogen and oxygen atoms in total. The average molecular weight is 526 g/mol. The fourth-order valence-electron chi connectivity index (χ4n) is 2.91. The number of amides is 1. The number of benzene rings is 2. The first-order valence-electron chi connectivity index (χ1n) is 9.36. The Balaban J connectivity index is 1.60. The molecule has 14 heteroatoms. The molecule has 2 heterocycles. The molecule has 34 heavy (non-hydrogen) atoms. The van der Waals surface area contributed by atoms with Crippen molar-refractivity contribution in [3.8, 4) is 11.6 Å². The maximum absolute atomic E-state index is 12.3. The van der Waals surface area contributed by atoms with Crippen molar-refractivity contribution in [2.75, 3.05) is 5.43 Å². The average Bonchev–Trinajstić information content (AvgIpc) is 2.84. The van der Waals surface area contributed by atoms with E-state index in [1.54, 1.807) is 30.5 Å². The number of hydrogen-bond acceptors (Lipinski definition) is 10. The first kappa shape index (κ1) is 22.5. The zero-order chi connectivity index (χ0) is 24.2. The number of nitrogens with zero attached hydrogens (tertiary/aromatic N) is 5. The number of fused-ring (bicyclic) bond motifs is 1. The van der Waals surface area contributed by atoms with Gasteiger partial charge in [-0.15, -0.1) is 0 Å². The Hall–Kier alpha value is -4.72. The van der Waals surface area contributed by atoms with Crippen molar-refractivity contribution >= 4 is 49.9 Å². The lowest BCUT2D eigenvalue weighted by atomic mass is 10.2. The van der Waals surface area contributed by atoms with Gasteiger partial charge in [-0.3, -0.25) is 40.9 Å². The number of nitro benzene ring substituents is 1. The van der Waals surface area contributed by atoms with Gasteiger partial charge in [-0.05, 0) is 30.3 Å². The quantitative estimate of drug-likeness (QED) is 0.263. The highest BCUT2D eigenvalue weighted by molar-refractivity contribution is 9.10. The van der Waals surface area contributed by atoms with Gasteiger partial charge in [0, 0.05) is 33.8 Å². The minimum absolute atomic E-state index is 0.0821. The summed E-state index contributed by atoms with van der Waals surface area (Å²) in [5.74, 6) is -1.18. The summed E-state index contributed by atoms with van der Waals surface area (Å²) in [5, 5.41) is 23.2. The molecule has 0 atom stereocenters. The number of nitrogens with one attached hydrogen (secondary N) is 2. The van der Waals surface area contributed by atoms with Crippen LogP contribution in [0, 0.1) is 20.2 Å². The van der Waals surface area contributed by atoms with Gasteiger partial charge in [0.15, 0.2) is 5.75 Å². The summed E-state index contributed by atoms with van der Waals surface area (Å²) in [6.45, 7) is 0. The molecule has 2 N–H and O–H groups in total. The Morgan fingerprint density at radius 3 is 2.44 bits per heavy atom.